The number of nitrogens with one attached hydrogen (secondary N) is 1. The number of hydrogen-bond acceptors (Lipinski definition) is 4. The summed E-state index contributed by atoms with van der Waals surface area (Å²) in [6.45, 7) is 3.02. The Kier molecular flexibility index (Phi) is 4.42. The molecule has 0 aliphatic heterocycles. The van der Waals surface area contributed by atoms with Gasteiger partial charge in [0.05, 0.1) is 7.11 Å². The van der Waals surface area contributed by atoms with Gasteiger partial charge in [-0.25, -0.2) is 4.79 Å². The molecule has 0 aliphatic rings. The van der Waals surface area contributed by atoms with Crippen molar-refractivity contribution in [1.29, 1.82) is 0 Å². The molecule has 2 aromatic rings. The molecule has 20 heavy (non-hydrogen) atoms. The van der Waals surface area contributed by atoms with Crippen molar-refractivity contribution in [3.8, 4) is 5.75 Å². The third-order valence-electron chi connectivity index (χ3n) is 3.03. The predicted molar refractivity (Wildman–Crippen MR) is 73.9 cm³/mol. The zero-order valence-electron chi connectivity index (χ0n) is 11.5. The Morgan fingerprint density at radius 3 is 2.55 bits per heavy atom. The molecule has 1 aromatic heterocycles. The number of hydrogen-bond donors (Lipinski definition) is 2. The average Bonchev–Trinajstić information content (AvgIpc) is 2.81. The molecule has 5 nitrogen and oxygen atoms in total. The molecule has 2 N–H and O–H groups in total. The van der Waals surface area contributed by atoms with E-state index in [1.165, 1.54) is 0 Å². The third kappa shape index (κ3) is 3.39. The van der Waals surface area contributed by atoms with Crippen LogP contribution >= 0.6 is 0 Å². The molecular weight excluding hydrogens is 258 g/mol. The van der Waals surface area contributed by atoms with Crippen molar-refractivity contribution in [3.05, 3.63) is 53.0 Å². The van der Waals surface area contributed by atoms with Gasteiger partial charge in [0.1, 0.15) is 11.5 Å². The smallest absolute Gasteiger partial charge is 0.371 e. The van der Waals surface area contributed by atoms with Crippen LogP contribution in [0.1, 0.15) is 27.4 Å². The maximum atomic E-state index is 10.8. The summed E-state index contributed by atoms with van der Waals surface area (Å²) < 4.78 is 10.2. The summed E-state index contributed by atoms with van der Waals surface area (Å²) in [5.41, 5.74) is 1.99. The van der Waals surface area contributed by atoms with Crippen molar-refractivity contribution in [2.24, 2.45) is 0 Å². The van der Waals surface area contributed by atoms with Gasteiger partial charge in [-0.3, -0.25) is 0 Å². The minimum Gasteiger partial charge on any atom is -0.497 e. The molecule has 106 valence electrons. The number of benzene rings is 1. The highest BCUT2D eigenvalue weighted by atomic mass is 16.5. The third-order valence-corrected chi connectivity index (χ3v) is 3.03. The van der Waals surface area contributed by atoms with Crippen molar-refractivity contribution >= 4 is 5.97 Å². The summed E-state index contributed by atoms with van der Waals surface area (Å²) in [6, 6.07) is 9.33. The molecule has 0 saturated carbocycles. The van der Waals surface area contributed by atoms with E-state index >= 15 is 0 Å². The number of carbonyl (C=O) groups is 1. The van der Waals surface area contributed by atoms with Crippen LogP contribution in [0.2, 0.25) is 0 Å². The number of aromatic carboxylic acids is 1. The van der Waals surface area contributed by atoms with E-state index in [1.54, 1.807) is 20.1 Å². The molecule has 1 heterocycles. The van der Waals surface area contributed by atoms with Crippen LogP contribution in [0.4, 0.5) is 0 Å². The fraction of sp³-hybridized carbons (Fsp3) is 0.267. The van der Waals surface area contributed by atoms with Crippen molar-refractivity contribution < 1.29 is 19.1 Å². The van der Waals surface area contributed by atoms with Gasteiger partial charge in [-0.05, 0) is 30.7 Å². The highest BCUT2D eigenvalue weighted by molar-refractivity contribution is 5.84. The fourth-order valence-corrected chi connectivity index (χ4v) is 1.89. The second-order valence-electron chi connectivity index (χ2n) is 4.45. The molecule has 0 atom stereocenters. The van der Waals surface area contributed by atoms with E-state index in [4.69, 9.17) is 14.3 Å². The first-order valence-electron chi connectivity index (χ1n) is 6.26. The van der Waals surface area contributed by atoms with Crippen LogP contribution in [0.25, 0.3) is 0 Å². The van der Waals surface area contributed by atoms with Gasteiger partial charge in [0.2, 0.25) is 5.76 Å². The summed E-state index contributed by atoms with van der Waals surface area (Å²) in [5.74, 6) is 0.383. The van der Waals surface area contributed by atoms with Crippen LogP contribution in [-0.4, -0.2) is 18.2 Å². The Bertz CT molecular complexity index is 586. The standard InChI is InChI=1S/C15H17NO4/c1-10-12(7-14(20-10)15(17)18)9-16-8-11-3-5-13(19-2)6-4-11/h3-7,16H,8-9H2,1-2H3,(H,17,18). The normalized spacial score (nSPS) is 10.5. The number of carboxylic acids is 1. The van der Waals surface area contributed by atoms with Gasteiger partial charge in [-0.1, -0.05) is 12.1 Å². The number of rotatable bonds is 6. The minimum absolute atomic E-state index is 0.0243. The average molecular weight is 275 g/mol. The number of methoxy groups -OCH3 is 1. The first kappa shape index (κ1) is 14.1. The van der Waals surface area contributed by atoms with Crippen molar-refractivity contribution in [2.75, 3.05) is 7.11 Å². The van der Waals surface area contributed by atoms with Gasteiger partial charge in [0.15, 0.2) is 0 Å². The van der Waals surface area contributed by atoms with Crippen LogP contribution in [0, 0.1) is 6.92 Å². The Morgan fingerprint density at radius 2 is 2.00 bits per heavy atom. The van der Waals surface area contributed by atoms with Crippen LogP contribution in [0.3, 0.4) is 0 Å². The molecule has 2 rings (SSSR count). The summed E-state index contributed by atoms with van der Waals surface area (Å²) >= 11 is 0. The van der Waals surface area contributed by atoms with Crippen molar-refractivity contribution in [1.82, 2.24) is 5.32 Å². The summed E-state index contributed by atoms with van der Waals surface area (Å²) in [6.07, 6.45) is 0. The molecule has 0 radical (unpaired) electrons. The Hall–Kier alpha value is -2.27. The second kappa shape index (κ2) is 6.25. The number of ether oxygens (including phenoxy) is 1. The lowest BCUT2D eigenvalue weighted by molar-refractivity contribution is 0.0661. The number of aryl methyl sites for hydroxylation is 1. The van der Waals surface area contributed by atoms with Crippen LogP contribution in [0.15, 0.2) is 34.7 Å². The highest BCUT2D eigenvalue weighted by Crippen LogP contribution is 2.15. The number of carboxylic acid groups (broad SMARTS) is 1. The predicted octanol–water partition coefficient (Wildman–Crippen LogP) is 2.58. The van der Waals surface area contributed by atoms with E-state index in [0.717, 1.165) is 16.9 Å². The van der Waals surface area contributed by atoms with Gasteiger partial charge in [0.25, 0.3) is 0 Å². The largest absolute Gasteiger partial charge is 0.497 e. The first-order chi connectivity index (χ1) is 9.60. The van der Waals surface area contributed by atoms with Crippen LogP contribution < -0.4 is 10.1 Å². The summed E-state index contributed by atoms with van der Waals surface area (Å²) in [7, 11) is 1.63. The van der Waals surface area contributed by atoms with E-state index < -0.39 is 5.97 Å². The van der Waals surface area contributed by atoms with E-state index in [9.17, 15) is 4.79 Å². The fourth-order valence-electron chi connectivity index (χ4n) is 1.89. The molecule has 0 amide bonds. The SMILES string of the molecule is COc1ccc(CNCc2cc(C(=O)O)oc2C)cc1. The van der Waals surface area contributed by atoms with E-state index in [0.29, 0.717) is 18.8 Å². The number of furan rings is 1. The topological polar surface area (TPSA) is 71.7 Å². The molecule has 0 fully saturated rings. The van der Waals surface area contributed by atoms with Crippen molar-refractivity contribution in [2.45, 2.75) is 20.0 Å². The van der Waals surface area contributed by atoms with Gasteiger partial charge >= 0.3 is 5.97 Å². The quantitative estimate of drug-likeness (QED) is 0.847. The molecule has 5 heteroatoms. The van der Waals surface area contributed by atoms with Gasteiger partial charge < -0.3 is 19.6 Å². The van der Waals surface area contributed by atoms with E-state index in [2.05, 4.69) is 5.32 Å². The zero-order valence-corrected chi connectivity index (χ0v) is 11.5. The van der Waals surface area contributed by atoms with E-state index in [1.807, 2.05) is 24.3 Å². The molecule has 0 aliphatic carbocycles. The first-order valence-corrected chi connectivity index (χ1v) is 6.26. The molecule has 0 saturated heterocycles. The Morgan fingerprint density at radius 1 is 1.30 bits per heavy atom. The Balaban J connectivity index is 1.90. The van der Waals surface area contributed by atoms with Gasteiger partial charge in [-0.2, -0.15) is 0 Å². The van der Waals surface area contributed by atoms with Gasteiger partial charge in [-0.15, -0.1) is 0 Å². The lowest BCUT2D eigenvalue weighted by Crippen LogP contribution is -2.12. The molecule has 1 aromatic carbocycles. The molecular formula is C15H17NO4. The Labute approximate surface area is 117 Å². The second-order valence-corrected chi connectivity index (χ2v) is 4.45. The molecule has 0 unspecified atom stereocenters. The molecule has 0 bridgehead atoms. The van der Waals surface area contributed by atoms with Crippen molar-refractivity contribution in [3.63, 3.8) is 0 Å². The lowest BCUT2D eigenvalue weighted by Gasteiger charge is -2.05. The summed E-state index contributed by atoms with van der Waals surface area (Å²) in [4.78, 5) is 10.8. The van der Waals surface area contributed by atoms with Crippen LogP contribution in [-0.2, 0) is 13.1 Å². The van der Waals surface area contributed by atoms with Crippen LogP contribution in [0.5, 0.6) is 5.75 Å². The van der Waals surface area contributed by atoms with E-state index in [-0.39, 0.29) is 5.76 Å². The van der Waals surface area contributed by atoms with Gasteiger partial charge in [0, 0.05) is 18.7 Å². The zero-order chi connectivity index (χ0) is 14.5. The maximum absolute atomic E-state index is 10.8. The summed E-state index contributed by atoms with van der Waals surface area (Å²) in [5, 5.41) is 12.1. The lowest BCUT2D eigenvalue weighted by atomic mass is 10.2. The maximum Gasteiger partial charge on any atom is 0.371 e. The highest BCUT2D eigenvalue weighted by Gasteiger charge is 2.12. The molecule has 0 spiro atoms. The minimum atomic E-state index is -1.05. The monoisotopic (exact) mass is 275 g/mol.